The topological polar surface area (TPSA) is 41.1 Å². The predicted octanol–water partition coefficient (Wildman–Crippen LogP) is 5.08. The minimum atomic E-state index is -0.248. The Morgan fingerprint density at radius 3 is 2.64 bits per heavy atom. The first-order chi connectivity index (χ1) is 13.6. The normalized spacial score (nSPS) is 21.0. The molecule has 1 atom stereocenters. The Labute approximate surface area is 166 Å². The standard InChI is InChI=1S/C24H24N4/c1-5-18-7-9-19(10-8-18)24(4)15-17(3)22-12-11-20(21(6-2)28(22)24)27-23-13-14-25-16-26-23/h7-14,16H,2-3,5,15H2,1,4H3,(H,25,26,27). The quantitative estimate of drug-likeness (QED) is 0.764. The molecule has 1 fully saturated rings. The molecule has 4 rings (SSSR count). The van der Waals surface area contributed by atoms with Crippen molar-refractivity contribution < 1.29 is 0 Å². The second-order valence-electron chi connectivity index (χ2n) is 7.32. The van der Waals surface area contributed by atoms with Gasteiger partial charge in [-0.3, -0.25) is 0 Å². The molecule has 4 nitrogen and oxygen atoms in total. The Morgan fingerprint density at radius 1 is 1.21 bits per heavy atom. The van der Waals surface area contributed by atoms with Crippen molar-refractivity contribution in [2.45, 2.75) is 32.2 Å². The van der Waals surface area contributed by atoms with Crippen LogP contribution in [0.15, 0.2) is 96.6 Å². The minimum absolute atomic E-state index is 0.248. The maximum absolute atomic E-state index is 4.33. The number of fused-ring (bicyclic) bond motifs is 1. The van der Waals surface area contributed by atoms with Crippen molar-refractivity contribution in [3.8, 4) is 0 Å². The summed E-state index contributed by atoms with van der Waals surface area (Å²) in [5.41, 5.74) is 9.53. The summed E-state index contributed by atoms with van der Waals surface area (Å²) in [6, 6.07) is 10.7. The number of aryl methyl sites for hydroxylation is 1. The number of hydrogen-bond donors (Lipinski definition) is 1. The SMILES string of the molecule is C=C=C1C(Nc2ccncn2)=CC=C2C(=C)CC(C)(c3ccc(CC)cc3)N12. The molecule has 0 bridgehead atoms. The van der Waals surface area contributed by atoms with Gasteiger partial charge in [0.25, 0.3) is 0 Å². The van der Waals surface area contributed by atoms with Gasteiger partial charge in [0.05, 0.1) is 11.2 Å². The highest BCUT2D eigenvalue weighted by molar-refractivity contribution is 5.58. The Hall–Kier alpha value is -3.36. The Bertz CT molecular complexity index is 1020. The first-order valence-electron chi connectivity index (χ1n) is 9.50. The minimum Gasteiger partial charge on any atom is -0.338 e. The average Bonchev–Trinajstić information content (AvgIpc) is 3.00. The second-order valence-corrected chi connectivity index (χ2v) is 7.32. The van der Waals surface area contributed by atoms with E-state index in [2.05, 4.69) is 83.3 Å². The predicted molar refractivity (Wildman–Crippen MR) is 113 cm³/mol. The van der Waals surface area contributed by atoms with Gasteiger partial charge in [-0.15, -0.1) is 5.73 Å². The van der Waals surface area contributed by atoms with Crippen molar-refractivity contribution in [3.05, 3.63) is 108 Å². The van der Waals surface area contributed by atoms with Gasteiger partial charge in [-0.2, -0.15) is 0 Å². The molecule has 28 heavy (non-hydrogen) atoms. The number of aromatic nitrogens is 2. The number of anilines is 1. The Balaban J connectivity index is 1.76. The maximum atomic E-state index is 4.33. The zero-order valence-corrected chi connectivity index (χ0v) is 16.4. The molecule has 0 aliphatic carbocycles. The van der Waals surface area contributed by atoms with Crippen LogP contribution in [0.5, 0.6) is 0 Å². The van der Waals surface area contributed by atoms with Crippen LogP contribution >= 0.6 is 0 Å². The number of nitrogens with one attached hydrogen (secondary N) is 1. The molecular formula is C24H24N4. The van der Waals surface area contributed by atoms with E-state index in [0.29, 0.717) is 0 Å². The smallest absolute Gasteiger partial charge is 0.133 e. The second kappa shape index (κ2) is 6.99. The number of hydrogen-bond acceptors (Lipinski definition) is 4. The lowest BCUT2D eigenvalue weighted by molar-refractivity contribution is 0.238. The lowest BCUT2D eigenvalue weighted by atomic mass is 9.87. The Morgan fingerprint density at radius 2 is 2.00 bits per heavy atom. The molecule has 1 saturated heterocycles. The molecule has 1 unspecified atom stereocenters. The summed E-state index contributed by atoms with van der Waals surface area (Å²) >= 11 is 0. The summed E-state index contributed by atoms with van der Waals surface area (Å²) in [6.07, 6.45) is 9.28. The summed E-state index contributed by atoms with van der Waals surface area (Å²) in [5.74, 6) is 0.734. The summed E-state index contributed by atoms with van der Waals surface area (Å²) in [4.78, 5) is 10.6. The maximum Gasteiger partial charge on any atom is 0.133 e. The number of benzene rings is 1. The molecule has 140 valence electrons. The van der Waals surface area contributed by atoms with Crippen molar-refractivity contribution in [1.82, 2.24) is 14.9 Å². The number of allylic oxidation sites excluding steroid dienone is 3. The van der Waals surface area contributed by atoms with E-state index < -0.39 is 0 Å². The van der Waals surface area contributed by atoms with E-state index in [-0.39, 0.29) is 5.54 Å². The molecule has 1 N–H and O–H groups in total. The Kier molecular flexibility index (Phi) is 4.50. The fourth-order valence-corrected chi connectivity index (χ4v) is 4.04. The third-order valence-corrected chi connectivity index (χ3v) is 5.54. The van der Waals surface area contributed by atoms with Gasteiger partial charge in [0.1, 0.15) is 17.8 Å². The van der Waals surface area contributed by atoms with Gasteiger partial charge in [0.15, 0.2) is 0 Å². The summed E-state index contributed by atoms with van der Waals surface area (Å²) in [6.45, 7) is 12.7. The van der Waals surface area contributed by atoms with Gasteiger partial charge in [-0.25, -0.2) is 9.97 Å². The highest BCUT2D eigenvalue weighted by Crippen LogP contribution is 2.50. The largest absolute Gasteiger partial charge is 0.338 e. The van der Waals surface area contributed by atoms with Gasteiger partial charge in [-0.05, 0) is 48.3 Å². The first kappa shape index (κ1) is 18.0. The molecule has 0 saturated carbocycles. The fraction of sp³-hybridized carbons (Fsp3) is 0.208. The molecule has 0 spiro atoms. The van der Waals surface area contributed by atoms with Crippen molar-refractivity contribution in [1.29, 1.82) is 0 Å². The molecule has 1 aromatic heterocycles. The van der Waals surface area contributed by atoms with Gasteiger partial charge in [0, 0.05) is 18.3 Å². The van der Waals surface area contributed by atoms with E-state index >= 15 is 0 Å². The van der Waals surface area contributed by atoms with Crippen LogP contribution in [0.2, 0.25) is 0 Å². The lowest BCUT2D eigenvalue weighted by Crippen LogP contribution is -2.39. The molecule has 2 aliphatic heterocycles. The van der Waals surface area contributed by atoms with E-state index in [1.54, 1.807) is 6.20 Å². The van der Waals surface area contributed by atoms with Crippen LogP contribution in [0.4, 0.5) is 5.82 Å². The van der Waals surface area contributed by atoms with Gasteiger partial charge in [-0.1, -0.05) is 44.3 Å². The molecule has 4 heteroatoms. The monoisotopic (exact) mass is 368 g/mol. The van der Waals surface area contributed by atoms with Crippen LogP contribution in [0.1, 0.15) is 31.4 Å². The summed E-state index contributed by atoms with van der Waals surface area (Å²) in [5, 5.41) is 3.37. The van der Waals surface area contributed by atoms with Crippen molar-refractivity contribution >= 4 is 5.82 Å². The van der Waals surface area contributed by atoms with Crippen LogP contribution in [-0.2, 0) is 12.0 Å². The van der Waals surface area contributed by atoms with E-state index in [1.807, 2.05) is 12.1 Å². The van der Waals surface area contributed by atoms with E-state index in [0.717, 1.165) is 41.3 Å². The number of rotatable bonds is 4. The third-order valence-electron chi connectivity index (χ3n) is 5.54. The van der Waals surface area contributed by atoms with E-state index in [4.69, 9.17) is 0 Å². The first-order valence-corrected chi connectivity index (χ1v) is 9.50. The summed E-state index contributed by atoms with van der Waals surface area (Å²) < 4.78 is 0. The molecule has 3 heterocycles. The zero-order chi connectivity index (χ0) is 19.7. The molecular weight excluding hydrogens is 344 g/mol. The third kappa shape index (κ3) is 2.88. The van der Waals surface area contributed by atoms with Gasteiger partial charge in [0.2, 0.25) is 0 Å². The van der Waals surface area contributed by atoms with Crippen molar-refractivity contribution in [2.24, 2.45) is 0 Å². The average molecular weight is 368 g/mol. The lowest BCUT2D eigenvalue weighted by Gasteiger charge is -2.40. The van der Waals surface area contributed by atoms with Gasteiger partial charge < -0.3 is 10.2 Å². The van der Waals surface area contributed by atoms with Crippen molar-refractivity contribution in [2.75, 3.05) is 5.32 Å². The van der Waals surface area contributed by atoms with E-state index in [1.165, 1.54) is 17.5 Å². The summed E-state index contributed by atoms with van der Waals surface area (Å²) in [7, 11) is 0. The van der Waals surface area contributed by atoms with Crippen LogP contribution in [-0.4, -0.2) is 14.9 Å². The number of nitrogens with zero attached hydrogens (tertiary/aromatic N) is 3. The van der Waals surface area contributed by atoms with Crippen LogP contribution in [0.3, 0.4) is 0 Å². The molecule has 0 amide bonds. The molecule has 1 aromatic carbocycles. The zero-order valence-electron chi connectivity index (χ0n) is 16.4. The fourth-order valence-electron chi connectivity index (χ4n) is 4.04. The molecule has 2 aromatic rings. The van der Waals surface area contributed by atoms with Crippen LogP contribution < -0.4 is 5.32 Å². The van der Waals surface area contributed by atoms with Gasteiger partial charge >= 0.3 is 0 Å². The van der Waals surface area contributed by atoms with Crippen molar-refractivity contribution in [3.63, 3.8) is 0 Å². The van der Waals surface area contributed by atoms with E-state index in [9.17, 15) is 0 Å². The van der Waals surface area contributed by atoms with Crippen LogP contribution in [0.25, 0.3) is 0 Å². The van der Waals surface area contributed by atoms with Crippen LogP contribution in [0, 0.1) is 0 Å². The highest BCUT2D eigenvalue weighted by atomic mass is 15.3. The molecule has 0 radical (unpaired) electrons. The molecule has 2 aliphatic rings. The highest BCUT2D eigenvalue weighted by Gasteiger charge is 2.46.